The van der Waals surface area contributed by atoms with Crippen LogP contribution in [0.15, 0.2) is 34.4 Å². The fourth-order valence-electron chi connectivity index (χ4n) is 2.03. The number of hydrogen-bond acceptors (Lipinski definition) is 2. The zero-order valence-corrected chi connectivity index (χ0v) is 17.8. The second kappa shape index (κ2) is 8.62. The molecule has 4 heteroatoms. The van der Waals surface area contributed by atoms with Crippen LogP contribution in [-0.2, 0) is 22.2 Å². The molecule has 0 fully saturated rings. The van der Waals surface area contributed by atoms with Crippen molar-refractivity contribution in [2.24, 2.45) is 0 Å². The van der Waals surface area contributed by atoms with Gasteiger partial charge >= 0.3 is 0 Å². The van der Waals surface area contributed by atoms with Crippen LogP contribution < -0.4 is 0 Å². The van der Waals surface area contributed by atoms with Crippen molar-refractivity contribution < 1.29 is 9.16 Å². The Kier molecular flexibility index (Phi) is 7.78. The fraction of sp³-hybridized carbons (Fsp3) is 0.556. The van der Waals surface area contributed by atoms with Gasteiger partial charge < -0.3 is 9.16 Å². The second-order valence-corrected chi connectivity index (χ2v) is 12.7. The van der Waals surface area contributed by atoms with Crippen LogP contribution in [0.4, 0.5) is 0 Å². The van der Waals surface area contributed by atoms with Gasteiger partial charge in [0.05, 0.1) is 12.7 Å². The van der Waals surface area contributed by atoms with E-state index in [9.17, 15) is 0 Å². The van der Waals surface area contributed by atoms with Gasteiger partial charge in [-0.05, 0) is 33.3 Å². The maximum Gasteiger partial charge on any atom is 0.192 e. The standard InChI is InChI=1S/C18H29IO2Si/c1-18(2,3)22(5,6)21-17(10-11-19)13-15-8-7-9-16(12-15)14-20-4/h7-12,17H,13-14H2,1-6H3/b11-10+/t17-/m1/s1. The Balaban J connectivity index is 2.87. The van der Waals surface area contributed by atoms with E-state index in [0.29, 0.717) is 6.61 Å². The molecule has 1 atom stereocenters. The molecule has 2 nitrogen and oxygen atoms in total. The quantitative estimate of drug-likeness (QED) is 0.406. The van der Waals surface area contributed by atoms with E-state index in [4.69, 9.17) is 9.16 Å². The fourth-order valence-corrected chi connectivity index (χ4v) is 3.77. The summed E-state index contributed by atoms with van der Waals surface area (Å²) in [6, 6.07) is 8.58. The molecule has 0 radical (unpaired) electrons. The molecule has 1 rings (SSSR count). The molecular weight excluding hydrogens is 403 g/mol. The van der Waals surface area contributed by atoms with Crippen LogP contribution in [0, 0.1) is 0 Å². The summed E-state index contributed by atoms with van der Waals surface area (Å²) >= 11 is 2.27. The molecule has 1 aromatic carbocycles. The van der Waals surface area contributed by atoms with E-state index in [1.807, 2.05) is 0 Å². The maximum atomic E-state index is 6.56. The monoisotopic (exact) mass is 432 g/mol. The Labute approximate surface area is 150 Å². The summed E-state index contributed by atoms with van der Waals surface area (Å²) in [4.78, 5) is 0. The Morgan fingerprint density at radius 1 is 1.23 bits per heavy atom. The van der Waals surface area contributed by atoms with Crippen LogP contribution in [0.25, 0.3) is 0 Å². The first-order valence-electron chi connectivity index (χ1n) is 7.71. The van der Waals surface area contributed by atoms with Gasteiger partial charge in [0.1, 0.15) is 0 Å². The number of hydrogen-bond donors (Lipinski definition) is 0. The van der Waals surface area contributed by atoms with Crippen molar-refractivity contribution in [3.63, 3.8) is 0 Å². The highest BCUT2D eigenvalue weighted by Gasteiger charge is 2.38. The van der Waals surface area contributed by atoms with Crippen LogP contribution >= 0.6 is 22.6 Å². The first-order chi connectivity index (χ1) is 10.2. The predicted octanol–water partition coefficient (Wildman–Crippen LogP) is 5.71. The second-order valence-electron chi connectivity index (χ2n) is 7.19. The first-order valence-corrected chi connectivity index (χ1v) is 11.9. The van der Waals surface area contributed by atoms with Gasteiger partial charge in [0.25, 0.3) is 0 Å². The summed E-state index contributed by atoms with van der Waals surface area (Å²) < 4.78 is 13.8. The number of methoxy groups -OCH3 is 1. The maximum absolute atomic E-state index is 6.56. The van der Waals surface area contributed by atoms with E-state index in [2.05, 4.69) is 90.9 Å². The zero-order valence-electron chi connectivity index (χ0n) is 14.7. The molecule has 0 saturated carbocycles. The molecule has 0 spiro atoms. The van der Waals surface area contributed by atoms with Gasteiger partial charge in [0.15, 0.2) is 8.32 Å². The van der Waals surface area contributed by atoms with Gasteiger partial charge in [0.2, 0.25) is 0 Å². The Hall–Kier alpha value is -0.173. The molecule has 22 heavy (non-hydrogen) atoms. The summed E-state index contributed by atoms with van der Waals surface area (Å²) in [5, 5.41) is 0.224. The third-order valence-corrected chi connectivity index (χ3v) is 9.20. The first kappa shape index (κ1) is 19.9. The Morgan fingerprint density at radius 3 is 2.41 bits per heavy atom. The number of halogens is 1. The average Bonchev–Trinajstić information content (AvgIpc) is 2.38. The number of rotatable bonds is 7. The molecule has 0 N–H and O–H groups in total. The molecule has 0 saturated heterocycles. The van der Waals surface area contributed by atoms with Gasteiger partial charge in [-0.2, -0.15) is 0 Å². The molecule has 0 aliphatic rings. The molecule has 0 bridgehead atoms. The van der Waals surface area contributed by atoms with E-state index in [-0.39, 0.29) is 11.1 Å². The highest BCUT2D eigenvalue weighted by molar-refractivity contribution is 14.1. The summed E-state index contributed by atoms with van der Waals surface area (Å²) in [6.07, 6.45) is 3.21. The average molecular weight is 432 g/mol. The third kappa shape index (κ3) is 6.14. The Morgan fingerprint density at radius 2 is 1.86 bits per heavy atom. The Bertz CT molecular complexity index is 492. The zero-order chi connectivity index (χ0) is 16.8. The lowest BCUT2D eigenvalue weighted by Gasteiger charge is -2.38. The summed E-state index contributed by atoms with van der Waals surface area (Å²) in [6.45, 7) is 12.1. The highest BCUT2D eigenvalue weighted by atomic mass is 127. The van der Waals surface area contributed by atoms with Gasteiger partial charge in [-0.3, -0.25) is 0 Å². The van der Waals surface area contributed by atoms with Crippen molar-refractivity contribution in [1.29, 1.82) is 0 Å². The molecule has 1 aromatic rings. The largest absolute Gasteiger partial charge is 0.410 e. The van der Waals surface area contributed by atoms with Gasteiger partial charge in [-0.1, -0.05) is 73.7 Å². The van der Waals surface area contributed by atoms with E-state index < -0.39 is 8.32 Å². The lowest BCUT2D eigenvalue weighted by molar-refractivity contribution is 0.184. The van der Waals surface area contributed by atoms with Crippen molar-refractivity contribution in [1.82, 2.24) is 0 Å². The normalized spacial score (nSPS) is 14.5. The van der Waals surface area contributed by atoms with Crippen molar-refractivity contribution in [2.75, 3.05) is 7.11 Å². The summed E-state index contributed by atoms with van der Waals surface area (Å²) in [7, 11) is -0.0361. The van der Waals surface area contributed by atoms with Crippen LogP contribution in [-0.4, -0.2) is 21.5 Å². The van der Waals surface area contributed by atoms with E-state index in [1.165, 1.54) is 11.1 Å². The molecule has 0 unspecified atom stereocenters. The third-order valence-electron chi connectivity index (χ3n) is 4.28. The lowest BCUT2D eigenvalue weighted by Crippen LogP contribution is -2.44. The van der Waals surface area contributed by atoms with Crippen LogP contribution in [0.1, 0.15) is 31.9 Å². The van der Waals surface area contributed by atoms with Crippen LogP contribution in [0.2, 0.25) is 18.1 Å². The van der Waals surface area contributed by atoms with Crippen molar-refractivity contribution in [3.05, 3.63) is 45.6 Å². The SMILES string of the molecule is COCc1cccc(C[C@@H](/C=C/I)O[Si](C)(C)C(C)(C)C)c1. The highest BCUT2D eigenvalue weighted by Crippen LogP contribution is 2.37. The molecule has 124 valence electrons. The molecular formula is C18H29IO2Si. The van der Waals surface area contributed by atoms with Crippen LogP contribution in [0.5, 0.6) is 0 Å². The van der Waals surface area contributed by atoms with Gasteiger partial charge in [-0.15, -0.1) is 0 Å². The van der Waals surface area contributed by atoms with Crippen molar-refractivity contribution >= 4 is 30.9 Å². The van der Waals surface area contributed by atoms with Gasteiger partial charge in [0, 0.05) is 13.5 Å². The molecule has 0 aliphatic carbocycles. The van der Waals surface area contributed by atoms with E-state index in [0.717, 1.165) is 6.42 Å². The molecule has 0 aliphatic heterocycles. The van der Waals surface area contributed by atoms with Crippen molar-refractivity contribution in [3.8, 4) is 0 Å². The lowest BCUT2D eigenvalue weighted by atomic mass is 10.1. The topological polar surface area (TPSA) is 18.5 Å². The minimum Gasteiger partial charge on any atom is -0.410 e. The van der Waals surface area contributed by atoms with Crippen LogP contribution in [0.3, 0.4) is 0 Å². The molecule has 0 amide bonds. The van der Waals surface area contributed by atoms with Gasteiger partial charge in [-0.25, -0.2) is 0 Å². The smallest absolute Gasteiger partial charge is 0.192 e. The summed E-state index contributed by atoms with van der Waals surface area (Å²) in [5.74, 6) is 0. The van der Waals surface area contributed by atoms with E-state index >= 15 is 0 Å². The minimum absolute atomic E-state index is 0.135. The number of benzene rings is 1. The number of ether oxygens (including phenoxy) is 1. The van der Waals surface area contributed by atoms with Crippen molar-refractivity contribution in [2.45, 2.75) is 58.0 Å². The summed E-state index contributed by atoms with van der Waals surface area (Å²) in [5.41, 5.74) is 2.51. The molecule has 0 heterocycles. The minimum atomic E-state index is -1.77. The predicted molar refractivity (Wildman–Crippen MR) is 106 cm³/mol. The van der Waals surface area contributed by atoms with E-state index in [1.54, 1.807) is 7.11 Å². The molecule has 0 aromatic heterocycles.